The van der Waals surface area contributed by atoms with Gasteiger partial charge in [-0.05, 0) is 53.6 Å². The fourth-order valence-corrected chi connectivity index (χ4v) is 3.24. The highest BCUT2D eigenvalue weighted by Crippen LogP contribution is 2.23. The van der Waals surface area contributed by atoms with Crippen molar-refractivity contribution in [1.29, 1.82) is 0 Å². The van der Waals surface area contributed by atoms with Crippen LogP contribution in [0.5, 0.6) is 5.75 Å². The number of benzene rings is 2. The van der Waals surface area contributed by atoms with Gasteiger partial charge >= 0.3 is 0 Å². The Kier molecular flexibility index (Phi) is 5.57. The highest BCUT2D eigenvalue weighted by molar-refractivity contribution is 6.24. The Labute approximate surface area is 174 Å². The van der Waals surface area contributed by atoms with Gasteiger partial charge in [0.1, 0.15) is 18.2 Å². The first kappa shape index (κ1) is 19.4. The Morgan fingerprint density at radius 3 is 2.50 bits per heavy atom. The van der Waals surface area contributed by atoms with Crippen molar-refractivity contribution in [3.63, 3.8) is 0 Å². The number of para-hydroxylation sites is 2. The molecule has 30 heavy (non-hydrogen) atoms. The molecule has 0 saturated carbocycles. The third kappa shape index (κ3) is 4.07. The summed E-state index contributed by atoms with van der Waals surface area (Å²) < 4.78 is 7.96. The summed E-state index contributed by atoms with van der Waals surface area (Å²) in [5.74, 6) is 1.41. The molecule has 6 heteroatoms. The number of hydrogen-bond donors (Lipinski definition) is 1. The number of aromatic nitrogens is 3. The Morgan fingerprint density at radius 1 is 1.07 bits per heavy atom. The molecule has 4 aromatic rings. The zero-order chi connectivity index (χ0) is 20.9. The molecule has 0 radical (unpaired) electrons. The molecular formula is C24H22N4O2. The lowest BCUT2D eigenvalue weighted by atomic mass is 10.0. The Bertz CT molecular complexity index is 1200. The molecule has 1 amide bonds. The number of nitrogens with one attached hydrogen (secondary N) is 1. The molecule has 0 spiro atoms. The van der Waals surface area contributed by atoms with Gasteiger partial charge in [0, 0.05) is 32.1 Å². The van der Waals surface area contributed by atoms with Crippen LogP contribution in [0.15, 0.2) is 73.1 Å². The van der Waals surface area contributed by atoms with Crippen LogP contribution in [0.3, 0.4) is 0 Å². The normalized spacial score (nSPS) is 11.5. The first-order valence-electron chi connectivity index (χ1n) is 9.63. The standard InChI is InChI=1S/C24H22N4O2/c1-25-24(29)20(15-17-11-13-26-14-12-17)18-7-9-19(10-8-18)30-16-23-27-21-5-3-4-6-22(21)28(23)2/h3-15H,16H2,1-2H3,(H,25,29). The number of ether oxygens (including phenoxy) is 1. The van der Waals surface area contributed by atoms with Gasteiger partial charge in [-0.25, -0.2) is 4.98 Å². The molecule has 1 N–H and O–H groups in total. The molecule has 2 aromatic carbocycles. The Hall–Kier alpha value is -3.93. The van der Waals surface area contributed by atoms with Crippen LogP contribution in [0, 0.1) is 0 Å². The van der Waals surface area contributed by atoms with Crippen molar-refractivity contribution in [2.75, 3.05) is 7.05 Å². The highest BCUT2D eigenvalue weighted by atomic mass is 16.5. The van der Waals surface area contributed by atoms with E-state index < -0.39 is 0 Å². The minimum Gasteiger partial charge on any atom is -0.486 e. The van der Waals surface area contributed by atoms with Crippen LogP contribution < -0.4 is 10.1 Å². The fraction of sp³-hybridized carbons (Fsp3) is 0.125. The fourth-order valence-electron chi connectivity index (χ4n) is 3.24. The van der Waals surface area contributed by atoms with Gasteiger partial charge in [0.15, 0.2) is 0 Å². The summed E-state index contributed by atoms with van der Waals surface area (Å²) in [6.45, 7) is 0.361. The van der Waals surface area contributed by atoms with Crippen molar-refractivity contribution in [3.05, 3.63) is 90.0 Å². The zero-order valence-corrected chi connectivity index (χ0v) is 16.9. The number of pyridine rings is 1. The number of fused-ring (bicyclic) bond motifs is 1. The van der Waals surface area contributed by atoms with Gasteiger partial charge in [-0.2, -0.15) is 0 Å². The summed E-state index contributed by atoms with van der Waals surface area (Å²) in [5.41, 5.74) is 4.31. The molecule has 0 saturated heterocycles. The topological polar surface area (TPSA) is 69.0 Å². The van der Waals surface area contributed by atoms with Crippen molar-refractivity contribution in [3.8, 4) is 5.75 Å². The lowest BCUT2D eigenvalue weighted by Gasteiger charge is -2.10. The zero-order valence-electron chi connectivity index (χ0n) is 16.9. The van der Waals surface area contributed by atoms with Crippen molar-refractivity contribution in [2.45, 2.75) is 6.61 Å². The van der Waals surface area contributed by atoms with Gasteiger partial charge in [-0.1, -0.05) is 24.3 Å². The van der Waals surface area contributed by atoms with Gasteiger partial charge < -0.3 is 14.6 Å². The van der Waals surface area contributed by atoms with E-state index in [1.165, 1.54) is 0 Å². The van der Waals surface area contributed by atoms with Crippen LogP contribution in [0.25, 0.3) is 22.7 Å². The van der Waals surface area contributed by atoms with E-state index in [0.717, 1.165) is 28.0 Å². The number of rotatable bonds is 6. The van der Waals surface area contributed by atoms with E-state index in [9.17, 15) is 4.79 Å². The number of imidazole rings is 1. The molecule has 0 bridgehead atoms. The number of carbonyl (C=O) groups excluding carboxylic acids is 1. The number of likely N-dealkylation sites (N-methyl/N-ethyl adjacent to an activating group) is 1. The van der Waals surface area contributed by atoms with Crippen LogP contribution >= 0.6 is 0 Å². The first-order valence-corrected chi connectivity index (χ1v) is 9.63. The molecule has 6 nitrogen and oxygen atoms in total. The summed E-state index contributed by atoms with van der Waals surface area (Å²) >= 11 is 0. The van der Waals surface area contributed by atoms with E-state index in [-0.39, 0.29) is 5.91 Å². The Morgan fingerprint density at radius 2 is 1.80 bits per heavy atom. The number of amides is 1. The van der Waals surface area contributed by atoms with E-state index >= 15 is 0 Å². The maximum atomic E-state index is 12.4. The average molecular weight is 398 g/mol. The minimum atomic E-state index is -0.153. The van der Waals surface area contributed by atoms with Gasteiger partial charge in [0.2, 0.25) is 0 Å². The van der Waals surface area contributed by atoms with Gasteiger partial charge in [0.05, 0.1) is 11.0 Å². The van der Waals surface area contributed by atoms with E-state index in [2.05, 4.69) is 15.3 Å². The number of hydrogen-bond acceptors (Lipinski definition) is 4. The number of nitrogens with zero attached hydrogens (tertiary/aromatic N) is 3. The molecule has 0 aliphatic heterocycles. The molecule has 150 valence electrons. The summed E-state index contributed by atoms with van der Waals surface area (Å²) in [5, 5.41) is 2.70. The second kappa shape index (κ2) is 8.61. The third-order valence-corrected chi connectivity index (χ3v) is 4.90. The average Bonchev–Trinajstić information content (AvgIpc) is 3.12. The van der Waals surface area contributed by atoms with Crippen LogP contribution in [-0.4, -0.2) is 27.5 Å². The van der Waals surface area contributed by atoms with Gasteiger partial charge in [0.25, 0.3) is 5.91 Å². The molecule has 2 heterocycles. The quantitative estimate of drug-likeness (QED) is 0.501. The van der Waals surface area contributed by atoms with Crippen molar-refractivity contribution >= 4 is 28.6 Å². The predicted octanol–water partition coefficient (Wildman–Crippen LogP) is 3.83. The van der Waals surface area contributed by atoms with Gasteiger partial charge in [-0.3, -0.25) is 9.78 Å². The van der Waals surface area contributed by atoms with E-state index in [4.69, 9.17) is 4.74 Å². The molecule has 0 unspecified atom stereocenters. The smallest absolute Gasteiger partial charge is 0.251 e. The largest absolute Gasteiger partial charge is 0.486 e. The van der Waals surface area contributed by atoms with E-state index in [0.29, 0.717) is 17.9 Å². The maximum Gasteiger partial charge on any atom is 0.251 e. The molecule has 0 aliphatic rings. The summed E-state index contributed by atoms with van der Waals surface area (Å²) in [4.78, 5) is 21.0. The molecule has 0 fully saturated rings. The molecule has 4 rings (SSSR count). The lowest BCUT2D eigenvalue weighted by molar-refractivity contribution is -0.115. The monoisotopic (exact) mass is 398 g/mol. The maximum absolute atomic E-state index is 12.4. The van der Waals surface area contributed by atoms with E-state index in [1.807, 2.05) is 78.4 Å². The molecule has 2 aromatic heterocycles. The van der Waals surface area contributed by atoms with Crippen LogP contribution in [0.4, 0.5) is 0 Å². The number of aryl methyl sites for hydroxylation is 1. The number of carbonyl (C=O) groups is 1. The summed E-state index contributed by atoms with van der Waals surface area (Å²) in [7, 11) is 3.60. The van der Waals surface area contributed by atoms with Crippen LogP contribution in [0.1, 0.15) is 17.0 Å². The van der Waals surface area contributed by atoms with Crippen molar-refractivity contribution in [1.82, 2.24) is 19.9 Å². The van der Waals surface area contributed by atoms with Crippen LogP contribution in [0.2, 0.25) is 0 Å². The second-order valence-corrected chi connectivity index (χ2v) is 6.81. The van der Waals surface area contributed by atoms with Crippen molar-refractivity contribution < 1.29 is 9.53 Å². The molecule has 0 aliphatic carbocycles. The van der Waals surface area contributed by atoms with E-state index in [1.54, 1.807) is 19.4 Å². The first-order chi connectivity index (χ1) is 14.7. The van der Waals surface area contributed by atoms with Crippen LogP contribution in [-0.2, 0) is 18.4 Å². The van der Waals surface area contributed by atoms with Crippen molar-refractivity contribution in [2.24, 2.45) is 7.05 Å². The molecule has 0 atom stereocenters. The third-order valence-electron chi connectivity index (χ3n) is 4.90. The highest BCUT2D eigenvalue weighted by Gasteiger charge is 2.12. The second-order valence-electron chi connectivity index (χ2n) is 6.81. The lowest BCUT2D eigenvalue weighted by Crippen LogP contribution is -2.19. The minimum absolute atomic E-state index is 0.153. The SMILES string of the molecule is CNC(=O)C(=Cc1ccncc1)c1ccc(OCc2nc3ccccc3n2C)cc1. The molecular weight excluding hydrogens is 376 g/mol. The Balaban J connectivity index is 1.53. The van der Waals surface area contributed by atoms with Gasteiger partial charge in [-0.15, -0.1) is 0 Å². The predicted molar refractivity (Wildman–Crippen MR) is 118 cm³/mol. The summed E-state index contributed by atoms with van der Waals surface area (Å²) in [6.07, 6.45) is 5.24. The summed E-state index contributed by atoms with van der Waals surface area (Å²) in [6, 6.07) is 19.2.